The Labute approximate surface area is 104 Å². The average Bonchev–Trinajstić information content (AvgIpc) is 3.08. The van der Waals surface area contributed by atoms with Gasteiger partial charge < -0.3 is 5.73 Å². The molecule has 0 amide bonds. The highest BCUT2D eigenvalue weighted by Gasteiger charge is 2.34. The predicted molar refractivity (Wildman–Crippen MR) is 70.9 cm³/mol. The van der Waals surface area contributed by atoms with Gasteiger partial charge in [-0.05, 0) is 43.5 Å². The first-order valence-electron chi connectivity index (χ1n) is 6.90. The molecule has 1 saturated heterocycles. The average molecular weight is 230 g/mol. The number of hydrogen-bond acceptors (Lipinski definition) is 2. The van der Waals surface area contributed by atoms with E-state index in [4.69, 9.17) is 5.73 Å². The molecule has 0 aromatic heterocycles. The Morgan fingerprint density at radius 3 is 2.65 bits per heavy atom. The fraction of sp³-hybridized carbons (Fsp3) is 0.600. The first kappa shape index (κ1) is 11.2. The molecule has 2 aliphatic rings. The fourth-order valence-corrected chi connectivity index (χ4v) is 2.90. The molecule has 1 saturated carbocycles. The molecule has 0 bridgehead atoms. The molecule has 17 heavy (non-hydrogen) atoms. The zero-order valence-corrected chi connectivity index (χ0v) is 10.4. The summed E-state index contributed by atoms with van der Waals surface area (Å²) in [5.41, 5.74) is 8.83. The number of piperidine rings is 1. The van der Waals surface area contributed by atoms with Crippen molar-refractivity contribution in [3.63, 3.8) is 0 Å². The Bertz CT molecular complexity index is 382. The molecule has 2 heteroatoms. The molecular weight excluding hydrogens is 208 g/mol. The Balaban J connectivity index is 1.65. The van der Waals surface area contributed by atoms with Gasteiger partial charge in [-0.25, -0.2) is 0 Å². The Morgan fingerprint density at radius 2 is 1.94 bits per heavy atom. The van der Waals surface area contributed by atoms with Gasteiger partial charge in [0.05, 0.1) is 0 Å². The van der Waals surface area contributed by atoms with E-state index in [1.807, 2.05) is 0 Å². The van der Waals surface area contributed by atoms with Gasteiger partial charge in [-0.1, -0.05) is 30.7 Å². The minimum absolute atomic E-state index is 0.417. The highest BCUT2D eigenvalue weighted by atomic mass is 15.1. The molecule has 3 rings (SSSR count). The SMILES string of the molecule is NC1CC1c1cccc(CN2CCCCC2)c1. The second kappa shape index (κ2) is 4.79. The van der Waals surface area contributed by atoms with E-state index in [2.05, 4.69) is 29.2 Å². The fourth-order valence-electron chi connectivity index (χ4n) is 2.90. The van der Waals surface area contributed by atoms with Crippen LogP contribution in [0, 0.1) is 0 Å². The molecule has 0 spiro atoms. The summed E-state index contributed by atoms with van der Waals surface area (Å²) in [6.07, 6.45) is 5.32. The topological polar surface area (TPSA) is 29.3 Å². The first-order chi connectivity index (χ1) is 8.33. The Hall–Kier alpha value is -0.860. The molecule has 1 aliphatic heterocycles. The van der Waals surface area contributed by atoms with E-state index in [9.17, 15) is 0 Å². The van der Waals surface area contributed by atoms with Crippen LogP contribution in [0.2, 0.25) is 0 Å². The number of rotatable bonds is 3. The van der Waals surface area contributed by atoms with Crippen LogP contribution in [0.1, 0.15) is 42.7 Å². The van der Waals surface area contributed by atoms with Crippen LogP contribution in [0.4, 0.5) is 0 Å². The lowest BCUT2D eigenvalue weighted by Crippen LogP contribution is -2.29. The minimum atomic E-state index is 0.417. The van der Waals surface area contributed by atoms with Crippen molar-refractivity contribution in [1.29, 1.82) is 0 Å². The molecule has 2 fully saturated rings. The van der Waals surface area contributed by atoms with Crippen molar-refractivity contribution in [2.24, 2.45) is 5.73 Å². The molecule has 1 aromatic rings. The van der Waals surface area contributed by atoms with E-state index in [1.54, 1.807) is 0 Å². The molecule has 1 heterocycles. The van der Waals surface area contributed by atoms with E-state index in [0.29, 0.717) is 12.0 Å². The van der Waals surface area contributed by atoms with E-state index < -0.39 is 0 Å². The van der Waals surface area contributed by atoms with Gasteiger partial charge in [-0.15, -0.1) is 0 Å². The molecular formula is C15H22N2. The number of nitrogens with two attached hydrogens (primary N) is 1. The normalized spacial score (nSPS) is 29.2. The van der Waals surface area contributed by atoms with Crippen molar-refractivity contribution in [1.82, 2.24) is 4.90 Å². The van der Waals surface area contributed by atoms with Crippen LogP contribution in [0.3, 0.4) is 0 Å². The largest absolute Gasteiger partial charge is 0.327 e. The third kappa shape index (κ3) is 2.70. The third-order valence-electron chi connectivity index (χ3n) is 4.07. The highest BCUT2D eigenvalue weighted by Crippen LogP contribution is 2.39. The molecule has 2 atom stereocenters. The lowest BCUT2D eigenvalue weighted by molar-refractivity contribution is 0.221. The van der Waals surface area contributed by atoms with Gasteiger partial charge in [0.2, 0.25) is 0 Å². The maximum absolute atomic E-state index is 5.92. The summed E-state index contributed by atoms with van der Waals surface area (Å²) in [5, 5.41) is 0. The predicted octanol–water partition coefficient (Wildman–Crippen LogP) is 2.49. The third-order valence-corrected chi connectivity index (χ3v) is 4.07. The van der Waals surface area contributed by atoms with Crippen molar-refractivity contribution in [3.8, 4) is 0 Å². The van der Waals surface area contributed by atoms with Crippen molar-refractivity contribution in [2.75, 3.05) is 13.1 Å². The maximum atomic E-state index is 5.92. The quantitative estimate of drug-likeness (QED) is 0.864. The summed E-state index contributed by atoms with van der Waals surface area (Å²) < 4.78 is 0. The lowest BCUT2D eigenvalue weighted by Gasteiger charge is -2.26. The van der Waals surface area contributed by atoms with Gasteiger partial charge in [0, 0.05) is 18.5 Å². The van der Waals surface area contributed by atoms with Crippen LogP contribution in [-0.4, -0.2) is 24.0 Å². The summed E-state index contributed by atoms with van der Waals surface area (Å²) >= 11 is 0. The van der Waals surface area contributed by atoms with Crippen LogP contribution in [0.5, 0.6) is 0 Å². The Kier molecular flexibility index (Phi) is 3.17. The molecule has 2 unspecified atom stereocenters. The van der Waals surface area contributed by atoms with Crippen LogP contribution < -0.4 is 5.73 Å². The summed E-state index contributed by atoms with van der Waals surface area (Å²) in [7, 11) is 0. The van der Waals surface area contributed by atoms with Gasteiger partial charge in [-0.2, -0.15) is 0 Å². The van der Waals surface area contributed by atoms with Crippen molar-refractivity contribution in [3.05, 3.63) is 35.4 Å². The molecule has 1 aliphatic carbocycles. The molecule has 2 N–H and O–H groups in total. The van der Waals surface area contributed by atoms with E-state index >= 15 is 0 Å². The van der Waals surface area contributed by atoms with Gasteiger partial charge in [0.1, 0.15) is 0 Å². The second-order valence-corrected chi connectivity index (χ2v) is 5.59. The molecule has 92 valence electrons. The Morgan fingerprint density at radius 1 is 1.18 bits per heavy atom. The van der Waals surface area contributed by atoms with Crippen LogP contribution in [0.25, 0.3) is 0 Å². The maximum Gasteiger partial charge on any atom is 0.0233 e. The second-order valence-electron chi connectivity index (χ2n) is 5.59. The van der Waals surface area contributed by atoms with Crippen molar-refractivity contribution >= 4 is 0 Å². The number of nitrogens with zero attached hydrogens (tertiary/aromatic N) is 1. The number of benzene rings is 1. The molecule has 1 aromatic carbocycles. The van der Waals surface area contributed by atoms with E-state index in [0.717, 1.165) is 6.54 Å². The molecule has 0 radical (unpaired) electrons. The first-order valence-corrected chi connectivity index (χ1v) is 6.90. The van der Waals surface area contributed by atoms with Gasteiger partial charge in [0.25, 0.3) is 0 Å². The summed E-state index contributed by atoms with van der Waals surface area (Å²) in [6.45, 7) is 3.66. The zero-order valence-electron chi connectivity index (χ0n) is 10.4. The summed E-state index contributed by atoms with van der Waals surface area (Å²) in [5.74, 6) is 0.635. The number of hydrogen-bond donors (Lipinski definition) is 1. The zero-order chi connectivity index (χ0) is 11.7. The highest BCUT2D eigenvalue weighted by molar-refractivity contribution is 5.31. The summed E-state index contributed by atoms with van der Waals surface area (Å²) in [6, 6.07) is 9.47. The number of likely N-dealkylation sites (tertiary alicyclic amines) is 1. The van der Waals surface area contributed by atoms with Crippen molar-refractivity contribution in [2.45, 2.75) is 44.2 Å². The van der Waals surface area contributed by atoms with Gasteiger partial charge >= 0.3 is 0 Å². The lowest BCUT2D eigenvalue weighted by atomic mass is 10.1. The van der Waals surface area contributed by atoms with Crippen molar-refractivity contribution < 1.29 is 0 Å². The van der Waals surface area contributed by atoms with E-state index in [-0.39, 0.29) is 0 Å². The van der Waals surface area contributed by atoms with Crippen LogP contribution >= 0.6 is 0 Å². The minimum Gasteiger partial charge on any atom is -0.327 e. The van der Waals surface area contributed by atoms with Crippen LogP contribution in [-0.2, 0) is 6.54 Å². The van der Waals surface area contributed by atoms with Gasteiger partial charge in [0.15, 0.2) is 0 Å². The summed E-state index contributed by atoms with van der Waals surface area (Å²) in [4.78, 5) is 2.58. The monoisotopic (exact) mass is 230 g/mol. The smallest absolute Gasteiger partial charge is 0.0233 e. The van der Waals surface area contributed by atoms with Crippen LogP contribution in [0.15, 0.2) is 24.3 Å². The molecule has 2 nitrogen and oxygen atoms in total. The standard InChI is InChI=1S/C15H22N2/c16-15-10-14(15)13-6-4-5-12(9-13)11-17-7-2-1-3-8-17/h4-6,9,14-15H,1-3,7-8,10-11,16H2. The van der Waals surface area contributed by atoms with E-state index in [1.165, 1.54) is 49.9 Å². The van der Waals surface area contributed by atoms with Gasteiger partial charge in [-0.3, -0.25) is 4.90 Å².